The third-order valence-electron chi connectivity index (χ3n) is 3.58. The molecule has 24 heavy (non-hydrogen) atoms. The molecule has 1 amide bonds. The van der Waals surface area contributed by atoms with Gasteiger partial charge < -0.3 is 0 Å². The molecule has 1 heterocycles. The van der Waals surface area contributed by atoms with Crippen molar-refractivity contribution in [3.8, 4) is 0 Å². The summed E-state index contributed by atoms with van der Waals surface area (Å²) in [5.41, 5.74) is 6.03. The predicted octanol–water partition coefficient (Wildman–Crippen LogP) is 3.12. The number of amides is 1. The number of rotatable bonds is 5. The molecule has 0 atom stereocenters. The van der Waals surface area contributed by atoms with Crippen molar-refractivity contribution in [2.75, 3.05) is 0 Å². The second-order valence-corrected chi connectivity index (χ2v) is 6.21. The number of aryl methyl sites for hydroxylation is 1. The van der Waals surface area contributed by atoms with Gasteiger partial charge in [-0.1, -0.05) is 45.4 Å². The molecule has 6 nitrogen and oxygen atoms in total. The van der Waals surface area contributed by atoms with Crippen LogP contribution in [-0.4, -0.2) is 26.6 Å². The van der Waals surface area contributed by atoms with E-state index in [1.807, 2.05) is 55.5 Å². The van der Waals surface area contributed by atoms with Crippen LogP contribution in [0, 0.1) is 0 Å². The first-order valence-corrected chi connectivity index (χ1v) is 8.30. The summed E-state index contributed by atoms with van der Waals surface area (Å²) in [5, 5.41) is 12.3. The average Bonchev–Trinajstić information content (AvgIpc) is 3.01. The van der Waals surface area contributed by atoms with Crippen molar-refractivity contribution < 1.29 is 4.79 Å². The fraction of sp³-hybridized carbons (Fsp3) is 0.176. The second-order valence-electron chi connectivity index (χ2n) is 5.29. The molecule has 3 aromatic rings. The van der Waals surface area contributed by atoms with Gasteiger partial charge in [0.1, 0.15) is 5.52 Å². The molecular weight excluding hydrogens is 370 g/mol. The van der Waals surface area contributed by atoms with E-state index in [4.69, 9.17) is 0 Å². The van der Waals surface area contributed by atoms with Crippen LogP contribution in [0.4, 0.5) is 0 Å². The van der Waals surface area contributed by atoms with Crippen LogP contribution in [0.25, 0.3) is 11.0 Å². The van der Waals surface area contributed by atoms with E-state index in [0.717, 1.165) is 26.8 Å². The van der Waals surface area contributed by atoms with Crippen molar-refractivity contribution in [2.45, 2.75) is 19.9 Å². The summed E-state index contributed by atoms with van der Waals surface area (Å²) >= 11 is 3.39. The van der Waals surface area contributed by atoms with Crippen LogP contribution in [0.3, 0.4) is 0 Å². The van der Waals surface area contributed by atoms with Gasteiger partial charge in [0.15, 0.2) is 0 Å². The van der Waals surface area contributed by atoms with Gasteiger partial charge in [0, 0.05) is 10.9 Å². The van der Waals surface area contributed by atoms with Gasteiger partial charge in [-0.3, -0.25) is 4.79 Å². The van der Waals surface area contributed by atoms with Gasteiger partial charge in [-0.15, -0.1) is 5.10 Å². The van der Waals surface area contributed by atoms with E-state index in [1.54, 1.807) is 4.68 Å². The van der Waals surface area contributed by atoms with Gasteiger partial charge in [0.05, 0.1) is 17.8 Å². The molecule has 7 heteroatoms. The maximum Gasteiger partial charge on any atom is 0.241 e. The fourth-order valence-corrected chi connectivity index (χ4v) is 2.51. The largest absolute Gasteiger partial charge is 0.273 e. The van der Waals surface area contributed by atoms with Gasteiger partial charge in [0.25, 0.3) is 0 Å². The fourth-order valence-electron chi connectivity index (χ4n) is 2.25. The lowest BCUT2D eigenvalue weighted by atomic mass is 10.1. The zero-order valence-electron chi connectivity index (χ0n) is 13.1. The molecule has 0 fully saturated rings. The first-order valence-electron chi connectivity index (χ1n) is 7.51. The molecule has 0 radical (unpaired) electrons. The predicted molar refractivity (Wildman–Crippen MR) is 96.6 cm³/mol. The van der Waals surface area contributed by atoms with Gasteiger partial charge >= 0.3 is 0 Å². The molecule has 2 aromatic carbocycles. The molecule has 3 rings (SSSR count). The Balaban J connectivity index is 1.57. The molecular formula is C17H16BrN5O. The molecule has 0 spiro atoms. The monoisotopic (exact) mass is 385 g/mol. The van der Waals surface area contributed by atoms with E-state index in [-0.39, 0.29) is 12.3 Å². The number of nitrogens with zero attached hydrogens (tertiary/aromatic N) is 4. The molecule has 0 unspecified atom stereocenters. The quantitative estimate of drug-likeness (QED) is 0.541. The molecule has 1 N–H and O–H groups in total. The number of fused-ring (bicyclic) bond motifs is 1. The van der Waals surface area contributed by atoms with Crippen molar-refractivity contribution >= 4 is 38.6 Å². The lowest BCUT2D eigenvalue weighted by Crippen LogP contribution is -2.21. The van der Waals surface area contributed by atoms with Crippen molar-refractivity contribution in [1.82, 2.24) is 20.4 Å². The summed E-state index contributed by atoms with van der Waals surface area (Å²) in [5.74, 6) is -0.161. The number of hydrazone groups is 1. The summed E-state index contributed by atoms with van der Waals surface area (Å²) in [4.78, 5) is 12.0. The Labute approximate surface area is 147 Å². The topological polar surface area (TPSA) is 72.2 Å². The maximum atomic E-state index is 12.0. The smallest absolute Gasteiger partial charge is 0.241 e. The highest BCUT2D eigenvalue weighted by Crippen LogP contribution is 2.11. The van der Waals surface area contributed by atoms with E-state index in [2.05, 4.69) is 36.8 Å². The zero-order chi connectivity index (χ0) is 16.9. The van der Waals surface area contributed by atoms with Crippen LogP contribution < -0.4 is 5.43 Å². The third-order valence-corrected chi connectivity index (χ3v) is 4.11. The van der Waals surface area contributed by atoms with E-state index < -0.39 is 0 Å². The zero-order valence-corrected chi connectivity index (χ0v) is 14.7. The number of nitrogens with one attached hydrogen (secondary N) is 1. The van der Waals surface area contributed by atoms with Crippen LogP contribution in [0.15, 0.2) is 58.1 Å². The van der Waals surface area contributed by atoms with Crippen LogP contribution in [-0.2, 0) is 11.3 Å². The van der Waals surface area contributed by atoms with E-state index in [1.165, 1.54) is 0 Å². The summed E-state index contributed by atoms with van der Waals surface area (Å²) in [6.07, 6.45) is 0.282. The Morgan fingerprint density at radius 3 is 2.75 bits per heavy atom. The summed E-state index contributed by atoms with van der Waals surface area (Å²) in [6, 6.07) is 15.4. The van der Waals surface area contributed by atoms with Crippen LogP contribution in [0.2, 0.25) is 0 Å². The molecule has 0 saturated heterocycles. The van der Waals surface area contributed by atoms with E-state index in [0.29, 0.717) is 6.54 Å². The maximum absolute atomic E-state index is 12.0. The van der Waals surface area contributed by atoms with Gasteiger partial charge in [-0.2, -0.15) is 5.10 Å². The number of hydrogen-bond donors (Lipinski definition) is 1. The average molecular weight is 386 g/mol. The van der Waals surface area contributed by atoms with Crippen molar-refractivity contribution in [3.63, 3.8) is 0 Å². The number of aromatic nitrogens is 3. The Morgan fingerprint density at radius 2 is 1.96 bits per heavy atom. The molecule has 0 aliphatic heterocycles. The molecule has 0 bridgehead atoms. The van der Waals surface area contributed by atoms with E-state index >= 15 is 0 Å². The summed E-state index contributed by atoms with van der Waals surface area (Å²) < 4.78 is 2.73. The Bertz CT molecular complexity index is 885. The van der Waals surface area contributed by atoms with Crippen LogP contribution in [0.1, 0.15) is 18.9 Å². The lowest BCUT2D eigenvalue weighted by Gasteiger charge is -2.04. The Morgan fingerprint density at radius 1 is 1.21 bits per heavy atom. The summed E-state index contributed by atoms with van der Waals surface area (Å²) in [7, 11) is 0. The van der Waals surface area contributed by atoms with Gasteiger partial charge in [-0.05, 0) is 36.8 Å². The Kier molecular flexibility index (Phi) is 5.00. The SMILES string of the molecule is CC(=NNC(=O)CCn1nnc2ccccc21)c1ccc(Br)cc1. The highest BCUT2D eigenvalue weighted by molar-refractivity contribution is 9.10. The minimum absolute atomic E-state index is 0.161. The highest BCUT2D eigenvalue weighted by Gasteiger charge is 2.06. The number of benzene rings is 2. The molecule has 1 aromatic heterocycles. The highest BCUT2D eigenvalue weighted by atomic mass is 79.9. The molecule has 0 aliphatic rings. The van der Waals surface area contributed by atoms with Crippen molar-refractivity contribution in [1.29, 1.82) is 0 Å². The van der Waals surface area contributed by atoms with Crippen molar-refractivity contribution in [2.24, 2.45) is 5.10 Å². The van der Waals surface area contributed by atoms with Crippen LogP contribution in [0.5, 0.6) is 0 Å². The van der Waals surface area contributed by atoms with Gasteiger partial charge in [-0.25, -0.2) is 10.1 Å². The van der Waals surface area contributed by atoms with E-state index in [9.17, 15) is 4.79 Å². The number of carbonyl (C=O) groups excluding carboxylic acids is 1. The summed E-state index contributed by atoms with van der Waals surface area (Å²) in [6.45, 7) is 2.31. The van der Waals surface area contributed by atoms with Gasteiger partial charge in [0.2, 0.25) is 5.91 Å². The number of halogens is 1. The molecule has 0 saturated carbocycles. The molecule has 0 aliphatic carbocycles. The first kappa shape index (κ1) is 16.3. The lowest BCUT2D eigenvalue weighted by molar-refractivity contribution is -0.121. The second kappa shape index (κ2) is 7.35. The third kappa shape index (κ3) is 3.86. The minimum Gasteiger partial charge on any atom is -0.273 e. The molecule has 122 valence electrons. The standard InChI is InChI=1S/C17H16BrN5O/c1-12(13-6-8-14(18)9-7-13)19-21-17(24)10-11-23-16-5-3-2-4-15(16)20-22-23/h2-9H,10-11H2,1H3,(H,21,24). The normalized spacial score (nSPS) is 11.7. The number of hydrogen-bond acceptors (Lipinski definition) is 4. The van der Waals surface area contributed by atoms with Crippen LogP contribution >= 0.6 is 15.9 Å². The Hall–Kier alpha value is -2.54. The minimum atomic E-state index is -0.161. The first-order chi connectivity index (χ1) is 11.6. The number of para-hydroxylation sites is 1. The van der Waals surface area contributed by atoms with Crippen molar-refractivity contribution in [3.05, 3.63) is 58.6 Å². The number of carbonyl (C=O) groups is 1.